The second-order valence-electron chi connectivity index (χ2n) is 5.75. The Bertz CT molecular complexity index is 423. The van der Waals surface area contributed by atoms with E-state index in [0.717, 1.165) is 38.4 Å². The van der Waals surface area contributed by atoms with Crippen molar-refractivity contribution in [3.05, 3.63) is 6.07 Å². The van der Waals surface area contributed by atoms with Crippen molar-refractivity contribution in [2.45, 2.75) is 32.7 Å². The molecule has 0 amide bonds. The van der Waals surface area contributed by atoms with E-state index in [4.69, 9.17) is 9.47 Å². The molecule has 6 heteroatoms. The summed E-state index contributed by atoms with van der Waals surface area (Å²) in [5.74, 6) is 2.51. The summed E-state index contributed by atoms with van der Waals surface area (Å²) in [4.78, 5) is 11.0. The van der Waals surface area contributed by atoms with Crippen LogP contribution in [-0.4, -0.2) is 49.9 Å². The van der Waals surface area contributed by atoms with Gasteiger partial charge in [0.25, 0.3) is 0 Å². The molecule has 118 valence electrons. The van der Waals surface area contributed by atoms with Gasteiger partial charge >= 0.3 is 0 Å². The number of nitrogens with one attached hydrogen (secondary N) is 1. The van der Waals surface area contributed by atoms with Gasteiger partial charge < -0.3 is 19.7 Å². The molecule has 0 saturated carbocycles. The number of ether oxygens (including phenoxy) is 2. The van der Waals surface area contributed by atoms with Crippen molar-refractivity contribution in [3.63, 3.8) is 0 Å². The van der Waals surface area contributed by atoms with E-state index < -0.39 is 0 Å². The molecule has 1 saturated heterocycles. The molecule has 0 bridgehead atoms. The predicted octanol–water partition coefficient (Wildman–Crippen LogP) is 1.71. The first-order valence-electron chi connectivity index (χ1n) is 7.57. The Balaban J connectivity index is 1.95. The van der Waals surface area contributed by atoms with Gasteiger partial charge in [0.1, 0.15) is 0 Å². The van der Waals surface area contributed by atoms with Gasteiger partial charge in [-0.3, -0.25) is 0 Å². The number of anilines is 1. The second-order valence-corrected chi connectivity index (χ2v) is 5.75. The van der Waals surface area contributed by atoms with Gasteiger partial charge in [-0.2, -0.15) is 9.97 Å². The van der Waals surface area contributed by atoms with Crippen LogP contribution < -0.4 is 19.7 Å². The minimum Gasteiger partial charge on any atom is -0.481 e. The van der Waals surface area contributed by atoms with Gasteiger partial charge in [0.05, 0.1) is 20.3 Å². The van der Waals surface area contributed by atoms with E-state index >= 15 is 0 Å². The summed E-state index contributed by atoms with van der Waals surface area (Å²) in [5, 5.41) is 3.52. The molecule has 1 aliphatic rings. The lowest BCUT2D eigenvalue weighted by molar-refractivity contribution is 0.357. The van der Waals surface area contributed by atoms with E-state index in [1.54, 1.807) is 20.3 Å². The summed E-state index contributed by atoms with van der Waals surface area (Å²) in [6.45, 7) is 7.41. The molecule has 0 aromatic carbocycles. The fourth-order valence-corrected chi connectivity index (χ4v) is 2.48. The summed E-state index contributed by atoms with van der Waals surface area (Å²) in [5.41, 5.74) is 0. The Morgan fingerprint density at radius 3 is 2.24 bits per heavy atom. The van der Waals surface area contributed by atoms with E-state index in [2.05, 4.69) is 34.0 Å². The zero-order chi connectivity index (χ0) is 15.2. The molecule has 0 atom stereocenters. The average molecular weight is 294 g/mol. The largest absolute Gasteiger partial charge is 0.481 e. The van der Waals surface area contributed by atoms with Crippen LogP contribution in [0, 0.1) is 5.92 Å². The van der Waals surface area contributed by atoms with E-state index in [1.807, 2.05) is 0 Å². The molecule has 1 aliphatic heterocycles. The Morgan fingerprint density at radius 1 is 1.19 bits per heavy atom. The summed E-state index contributed by atoms with van der Waals surface area (Å²) < 4.78 is 10.4. The zero-order valence-corrected chi connectivity index (χ0v) is 13.4. The Hall–Kier alpha value is -1.56. The van der Waals surface area contributed by atoms with E-state index in [0.29, 0.717) is 23.8 Å². The lowest BCUT2D eigenvalue weighted by atomic mass is 9.97. The van der Waals surface area contributed by atoms with Crippen LogP contribution in [0.15, 0.2) is 6.07 Å². The topological polar surface area (TPSA) is 59.5 Å². The van der Waals surface area contributed by atoms with Gasteiger partial charge in [-0.1, -0.05) is 13.8 Å². The quantitative estimate of drug-likeness (QED) is 0.862. The van der Waals surface area contributed by atoms with Crippen LogP contribution in [0.5, 0.6) is 11.8 Å². The monoisotopic (exact) mass is 294 g/mol. The molecule has 1 N–H and O–H groups in total. The standard InChI is InChI=1S/C15H26N4O2/c1-11(2)16-10-12-5-7-19(8-6-12)15-17-13(20-3)9-14(18-15)21-4/h9,11-12,16H,5-8,10H2,1-4H3. The van der Waals surface area contributed by atoms with Crippen molar-refractivity contribution in [1.29, 1.82) is 0 Å². The first-order valence-corrected chi connectivity index (χ1v) is 7.57. The van der Waals surface area contributed by atoms with Gasteiger partial charge in [-0.15, -0.1) is 0 Å². The average Bonchev–Trinajstić information content (AvgIpc) is 2.52. The van der Waals surface area contributed by atoms with Gasteiger partial charge in [-0.05, 0) is 25.3 Å². The predicted molar refractivity (Wildman–Crippen MR) is 83.2 cm³/mol. The fraction of sp³-hybridized carbons (Fsp3) is 0.733. The highest BCUT2D eigenvalue weighted by Crippen LogP contribution is 2.24. The smallest absolute Gasteiger partial charge is 0.231 e. The molecule has 0 spiro atoms. The van der Waals surface area contributed by atoms with Crippen LogP contribution in [0.1, 0.15) is 26.7 Å². The number of rotatable bonds is 6. The summed E-state index contributed by atoms with van der Waals surface area (Å²) in [6.07, 6.45) is 2.31. The molecule has 2 heterocycles. The summed E-state index contributed by atoms with van der Waals surface area (Å²) in [7, 11) is 3.21. The number of aromatic nitrogens is 2. The van der Waals surface area contributed by atoms with Gasteiger partial charge in [0.2, 0.25) is 17.7 Å². The third-order valence-corrected chi connectivity index (χ3v) is 3.80. The minimum absolute atomic E-state index is 0.542. The Morgan fingerprint density at radius 2 is 1.76 bits per heavy atom. The third kappa shape index (κ3) is 4.46. The van der Waals surface area contributed by atoms with Crippen LogP contribution in [0.3, 0.4) is 0 Å². The van der Waals surface area contributed by atoms with Crippen LogP contribution in [-0.2, 0) is 0 Å². The van der Waals surface area contributed by atoms with Crippen molar-refractivity contribution in [2.24, 2.45) is 5.92 Å². The minimum atomic E-state index is 0.542. The van der Waals surface area contributed by atoms with E-state index in [1.165, 1.54) is 0 Å². The zero-order valence-electron chi connectivity index (χ0n) is 13.4. The molecule has 2 rings (SSSR count). The van der Waals surface area contributed by atoms with Gasteiger partial charge in [0.15, 0.2) is 0 Å². The van der Waals surface area contributed by atoms with Crippen molar-refractivity contribution >= 4 is 5.95 Å². The van der Waals surface area contributed by atoms with Crippen LogP contribution in [0.25, 0.3) is 0 Å². The highest BCUT2D eigenvalue weighted by molar-refractivity contribution is 5.37. The van der Waals surface area contributed by atoms with Crippen LogP contribution in [0.2, 0.25) is 0 Å². The van der Waals surface area contributed by atoms with Crippen molar-refractivity contribution in [3.8, 4) is 11.8 Å². The molecule has 0 aliphatic carbocycles. The Labute approximate surface area is 126 Å². The molecular weight excluding hydrogens is 268 g/mol. The molecule has 1 fully saturated rings. The molecule has 21 heavy (non-hydrogen) atoms. The van der Waals surface area contributed by atoms with E-state index in [9.17, 15) is 0 Å². The maximum atomic E-state index is 5.21. The lowest BCUT2D eigenvalue weighted by Crippen LogP contribution is -2.39. The van der Waals surface area contributed by atoms with Gasteiger partial charge in [0, 0.05) is 19.1 Å². The van der Waals surface area contributed by atoms with Gasteiger partial charge in [-0.25, -0.2) is 0 Å². The third-order valence-electron chi connectivity index (χ3n) is 3.80. The molecule has 0 radical (unpaired) electrons. The number of methoxy groups -OCH3 is 2. The first kappa shape index (κ1) is 15.8. The highest BCUT2D eigenvalue weighted by Gasteiger charge is 2.22. The van der Waals surface area contributed by atoms with Crippen molar-refractivity contribution < 1.29 is 9.47 Å². The van der Waals surface area contributed by atoms with Crippen LogP contribution >= 0.6 is 0 Å². The van der Waals surface area contributed by atoms with Crippen LogP contribution in [0.4, 0.5) is 5.95 Å². The van der Waals surface area contributed by atoms with Crippen molar-refractivity contribution in [2.75, 3.05) is 38.8 Å². The molecule has 6 nitrogen and oxygen atoms in total. The maximum Gasteiger partial charge on any atom is 0.231 e. The number of nitrogens with zero attached hydrogens (tertiary/aromatic N) is 3. The Kier molecular flexibility index (Phi) is 5.61. The molecule has 1 aromatic heterocycles. The number of piperidine rings is 1. The summed E-state index contributed by atoms with van der Waals surface area (Å²) in [6, 6.07) is 2.25. The normalized spacial score (nSPS) is 16.3. The number of hydrogen-bond acceptors (Lipinski definition) is 6. The molecule has 1 aromatic rings. The molecular formula is C15H26N4O2. The summed E-state index contributed by atoms with van der Waals surface area (Å²) >= 11 is 0. The van der Waals surface area contributed by atoms with Crippen molar-refractivity contribution in [1.82, 2.24) is 15.3 Å². The lowest BCUT2D eigenvalue weighted by Gasteiger charge is -2.32. The first-order chi connectivity index (χ1) is 10.1. The maximum absolute atomic E-state index is 5.21. The van der Waals surface area contributed by atoms with E-state index in [-0.39, 0.29) is 0 Å². The highest BCUT2D eigenvalue weighted by atomic mass is 16.5. The second kappa shape index (κ2) is 7.45. The SMILES string of the molecule is COc1cc(OC)nc(N2CCC(CNC(C)C)CC2)n1. The number of hydrogen-bond donors (Lipinski definition) is 1. The fourth-order valence-electron chi connectivity index (χ4n) is 2.48. The molecule has 0 unspecified atom stereocenters.